The molecule has 0 saturated carbocycles. The molecule has 2 rings (SSSR count). The van der Waals surface area contributed by atoms with E-state index in [-0.39, 0.29) is 5.91 Å². The van der Waals surface area contributed by atoms with Gasteiger partial charge in [-0.05, 0) is 18.6 Å². The predicted octanol–water partition coefficient (Wildman–Crippen LogP) is 1.84. The summed E-state index contributed by atoms with van der Waals surface area (Å²) in [6, 6.07) is 3.30. The molecular formula is C12H15ClN2O2. The topological polar surface area (TPSA) is 42.4 Å². The molecule has 1 unspecified atom stereocenters. The van der Waals surface area contributed by atoms with Crippen LogP contribution in [0.3, 0.4) is 0 Å². The summed E-state index contributed by atoms with van der Waals surface area (Å²) < 4.78 is 5.11. The van der Waals surface area contributed by atoms with E-state index in [2.05, 4.69) is 4.98 Å². The van der Waals surface area contributed by atoms with E-state index < -0.39 is 0 Å². The maximum absolute atomic E-state index is 12.1. The molecule has 1 aliphatic heterocycles. The van der Waals surface area contributed by atoms with Gasteiger partial charge in [-0.1, -0.05) is 11.6 Å². The molecule has 5 heteroatoms. The number of aromatic nitrogens is 1. The Hall–Kier alpha value is -1.13. The zero-order valence-corrected chi connectivity index (χ0v) is 10.5. The van der Waals surface area contributed by atoms with E-state index in [4.69, 9.17) is 16.3 Å². The van der Waals surface area contributed by atoms with Crippen molar-refractivity contribution in [3.63, 3.8) is 0 Å². The largest absolute Gasteiger partial charge is 0.384 e. The highest BCUT2D eigenvalue weighted by Gasteiger charge is 2.26. The zero-order valence-electron chi connectivity index (χ0n) is 9.73. The molecule has 0 spiro atoms. The van der Waals surface area contributed by atoms with Gasteiger partial charge in [0.2, 0.25) is 0 Å². The minimum atomic E-state index is 0.0212. The van der Waals surface area contributed by atoms with Gasteiger partial charge in [0.25, 0.3) is 5.91 Å². The number of halogens is 1. The predicted molar refractivity (Wildman–Crippen MR) is 65.1 cm³/mol. The second kappa shape index (κ2) is 5.47. The summed E-state index contributed by atoms with van der Waals surface area (Å²) in [6.07, 6.45) is 2.55. The van der Waals surface area contributed by atoms with Gasteiger partial charge >= 0.3 is 0 Å². The van der Waals surface area contributed by atoms with Gasteiger partial charge in [0.15, 0.2) is 0 Å². The molecule has 2 heterocycles. The number of ether oxygens (including phenoxy) is 1. The third-order valence-corrected chi connectivity index (χ3v) is 3.16. The first-order valence-electron chi connectivity index (χ1n) is 5.60. The Balaban J connectivity index is 2.02. The van der Waals surface area contributed by atoms with Gasteiger partial charge in [-0.3, -0.25) is 4.79 Å². The number of rotatable bonds is 3. The number of nitrogens with zero attached hydrogens (tertiary/aromatic N) is 2. The summed E-state index contributed by atoms with van der Waals surface area (Å²) in [5.41, 5.74) is 0.600. The number of pyridine rings is 1. The number of carbonyl (C=O) groups is 1. The van der Waals surface area contributed by atoms with Crippen LogP contribution in [0.15, 0.2) is 18.3 Å². The molecule has 0 N–H and O–H groups in total. The van der Waals surface area contributed by atoms with Gasteiger partial charge in [0.05, 0.1) is 6.61 Å². The fraction of sp³-hybridized carbons (Fsp3) is 0.500. The number of methoxy groups -OCH3 is 1. The average molecular weight is 255 g/mol. The van der Waals surface area contributed by atoms with Crippen molar-refractivity contribution >= 4 is 17.5 Å². The van der Waals surface area contributed by atoms with Crippen molar-refractivity contribution < 1.29 is 9.53 Å². The van der Waals surface area contributed by atoms with Crippen LogP contribution in [0, 0.1) is 5.92 Å². The van der Waals surface area contributed by atoms with Crippen LogP contribution < -0.4 is 0 Å². The lowest BCUT2D eigenvalue weighted by atomic mass is 10.1. The third-order valence-electron chi connectivity index (χ3n) is 2.95. The highest BCUT2D eigenvalue weighted by molar-refractivity contribution is 6.29. The molecule has 1 fully saturated rings. The van der Waals surface area contributed by atoms with E-state index in [9.17, 15) is 4.79 Å². The number of amides is 1. The Labute approximate surface area is 106 Å². The summed E-state index contributed by atoms with van der Waals surface area (Å²) in [5, 5.41) is 0.350. The van der Waals surface area contributed by atoms with Gasteiger partial charge in [0, 0.05) is 37.9 Å². The highest BCUT2D eigenvalue weighted by atomic mass is 35.5. The van der Waals surface area contributed by atoms with Crippen molar-refractivity contribution in [3.8, 4) is 0 Å². The Morgan fingerprint density at radius 1 is 1.71 bits per heavy atom. The minimum Gasteiger partial charge on any atom is -0.384 e. The Bertz CT molecular complexity index is 411. The Morgan fingerprint density at radius 2 is 2.53 bits per heavy atom. The van der Waals surface area contributed by atoms with Crippen molar-refractivity contribution in [2.45, 2.75) is 6.42 Å². The lowest BCUT2D eigenvalue weighted by molar-refractivity contribution is 0.0775. The normalized spacial score (nSPS) is 19.6. The van der Waals surface area contributed by atoms with Gasteiger partial charge in [-0.2, -0.15) is 0 Å². The molecule has 1 atom stereocenters. The van der Waals surface area contributed by atoms with Crippen molar-refractivity contribution in [2.75, 3.05) is 26.8 Å². The molecule has 1 amide bonds. The van der Waals surface area contributed by atoms with E-state index in [1.165, 1.54) is 0 Å². The second-order valence-electron chi connectivity index (χ2n) is 4.23. The summed E-state index contributed by atoms with van der Waals surface area (Å²) in [5.74, 6) is 0.467. The van der Waals surface area contributed by atoms with E-state index in [1.54, 1.807) is 25.4 Å². The summed E-state index contributed by atoms with van der Waals surface area (Å²) >= 11 is 5.77. The van der Waals surface area contributed by atoms with Gasteiger partial charge in [0.1, 0.15) is 5.15 Å². The number of likely N-dealkylation sites (tertiary alicyclic amines) is 1. The van der Waals surface area contributed by atoms with Gasteiger partial charge in [-0.15, -0.1) is 0 Å². The molecule has 1 aromatic rings. The lowest BCUT2D eigenvalue weighted by Crippen LogP contribution is -2.29. The second-order valence-corrected chi connectivity index (χ2v) is 4.62. The summed E-state index contributed by atoms with van der Waals surface area (Å²) in [6.45, 7) is 2.25. The lowest BCUT2D eigenvalue weighted by Gasteiger charge is -2.16. The fourth-order valence-electron chi connectivity index (χ4n) is 2.11. The van der Waals surface area contributed by atoms with Crippen LogP contribution in [0.1, 0.15) is 16.8 Å². The smallest absolute Gasteiger partial charge is 0.254 e. The quantitative estimate of drug-likeness (QED) is 0.773. The van der Waals surface area contributed by atoms with Crippen molar-refractivity contribution in [3.05, 3.63) is 29.0 Å². The minimum absolute atomic E-state index is 0.0212. The van der Waals surface area contributed by atoms with E-state index >= 15 is 0 Å². The molecule has 1 aliphatic rings. The third kappa shape index (κ3) is 2.96. The van der Waals surface area contributed by atoms with Crippen molar-refractivity contribution in [1.29, 1.82) is 0 Å². The van der Waals surface area contributed by atoms with E-state index in [0.29, 0.717) is 23.2 Å². The highest BCUT2D eigenvalue weighted by Crippen LogP contribution is 2.19. The molecular weight excluding hydrogens is 240 g/mol. The molecule has 1 saturated heterocycles. The maximum Gasteiger partial charge on any atom is 0.254 e. The molecule has 0 radical (unpaired) electrons. The van der Waals surface area contributed by atoms with Crippen molar-refractivity contribution in [1.82, 2.24) is 9.88 Å². The van der Waals surface area contributed by atoms with Crippen LogP contribution in [-0.4, -0.2) is 42.6 Å². The van der Waals surface area contributed by atoms with Crippen LogP contribution in [-0.2, 0) is 4.74 Å². The average Bonchev–Trinajstić information content (AvgIpc) is 2.77. The molecule has 4 nitrogen and oxygen atoms in total. The maximum atomic E-state index is 12.1. The van der Waals surface area contributed by atoms with Crippen LogP contribution in [0.25, 0.3) is 0 Å². The summed E-state index contributed by atoms with van der Waals surface area (Å²) in [4.78, 5) is 17.9. The zero-order chi connectivity index (χ0) is 12.3. The number of hydrogen-bond donors (Lipinski definition) is 0. The molecule has 0 aromatic carbocycles. The van der Waals surface area contributed by atoms with Gasteiger partial charge < -0.3 is 9.64 Å². The molecule has 92 valence electrons. The van der Waals surface area contributed by atoms with Gasteiger partial charge in [-0.25, -0.2) is 4.98 Å². The van der Waals surface area contributed by atoms with E-state index in [0.717, 1.165) is 19.5 Å². The van der Waals surface area contributed by atoms with Crippen LogP contribution in [0.5, 0.6) is 0 Å². The molecule has 1 aromatic heterocycles. The number of hydrogen-bond acceptors (Lipinski definition) is 3. The van der Waals surface area contributed by atoms with Crippen LogP contribution in [0.4, 0.5) is 0 Å². The standard InChI is InChI=1S/C12H15ClN2O2/c1-17-8-9-3-5-15(7-9)12(16)10-2-4-14-11(13)6-10/h2,4,6,9H,3,5,7-8H2,1H3. The molecule has 0 bridgehead atoms. The van der Waals surface area contributed by atoms with Crippen molar-refractivity contribution in [2.24, 2.45) is 5.92 Å². The summed E-state index contributed by atoms with van der Waals surface area (Å²) in [7, 11) is 1.69. The molecule has 0 aliphatic carbocycles. The van der Waals surface area contributed by atoms with Crippen LogP contribution >= 0.6 is 11.6 Å². The first kappa shape index (κ1) is 12.3. The van der Waals surface area contributed by atoms with Crippen LogP contribution in [0.2, 0.25) is 5.15 Å². The van der Waals surface area contributed by atoms with E-state index in [1.807, 2.05) is 4.90 Å². The first-order valence-corrected chi connectivity index (χ1v) is 5.98. The Kier molecular flexibility index (Phi) is 3.97. The number of carbonyl (C=O) groups excluding carboxylic acids is 1. The first-order chi connectivity index (χ1) is 8.20. The SMILES string of the molecule is COCC1CCN(C(=O)c2ccnc(Cl)c2)C1. The molecule has 17 heavy (non-hydrogen) atoms. The Morgan fingerprint density at radius 3 is 3.24 bits per heavy atom. The fourth-order valence-corrected chi connectivity index (χ4v) is 2.28. The monoisotopic (exact) mass is 254 g/mol.